The van der Waals surface area contributed by atoms with Gasteiger partial charge in [0.1, 0.15) is 0 Å². The topological polar surface area (TPSA) is 44.4 Å². The monoisotopic (exact) mass is 239 g/mol. The number of nitrogens with one attached hydrogen (secondary N) is 2. The van der Waals surface area contributed by atoms with Crippen molar-refractivity contribution in [3.8, 4) is 0 Å². The fourth-order valence-electron chi connectivity index (χ4n) is 2.90. The van der Waals surface area contributed by atoms with Crippen LogP contribution in [0.25, 0.3) is 0 Å². The van der Waals surface area contributed by atoms with E-state index in [-0.39, 0.29) is 5.91 Å². The van der Waals surface area contributed by atoms with Gasteiger partial charge in [0, 0.05) is 32.7 Å². The van der Waals surface area contributed by atoms with Gasteiger partial charge in [-0.15, -0.1) is 0 Å². The third kappa shape index (κ3) is 4.28. The van der Waals surface area contributed by atoms with Gasteiger partial charge in [0.05, 0.1) is 6.54 Å². The number of carbonyl (C=O) groups is 1. The van der Waals surface area contributed by atoms with Crippen LogP contribution < -0.4 is 10.6 Å². The summed E-state index contributed by atoms with van der Waals surface area (Å²) in [7, 11) is 0. The summed E-state index contributed by atoms with van der Waals surface area (Å²) in [6.45, 7) is 7.77. The van der Waals surface area contributed by atoms with E-state index < -0.39 is 0 Å². The molecule has 17 heavy (non-hydrogen) atoms. The number of amides is 1. The van der Waals surface area contributed by atoms with E-state index >= 15 is 0 Å². The molecule has 1 aliphatic carbocycles. The van der Waals surface area contributed by atoms with Crippen LogP contribution in [-0.4, -0.2) is 50.1 Å². The summed E-state index contributed by atoms with van der Waals surface area (Å²) in [6, 6.07) is 0. The smallest absolute Gasteiger partial charge is 0.234 e. The Kier molecular flexibility index (Phi) is 4.80. The van der Waals surface area contributed by atoms with E-state index in [0.717, 1.165) is 44.6 Å². The van der Waals surface area contributed by atoms with Crippen molar-refractivity contribution in [3.63, 3.8) is 0 Å². The number of rotatable bonds is 4. The zero-order chi connectivity index (χ0) is 12.1. The molecular weight excluding hydrogens is 214 g/mol. The molecule has 1 aliphatic heterocycles. The molecule has 2 fully saturated rings. The number of carbonyl (C=O) groups excluding carboxylic acids is 1. The Labute approximate surface area is 104 Å². The second-order valence-corrected chi connectivity index (χ2v) is 5.61. The highest BCUT2D eigenvalue weighted by Crippen LogP contribution is 2.29. The van der Waals surface area contributed by atoms with Crippen LogP contribution >= 0.6 is 0 Å². The lowest BCUT2D eigenvalue weighted by Gasteiger charge is -2.26. The molecule has 4 nitrogen and oxygen atoms in total. The number of hydrogen-bond acceptors (Lipinski definition) is 3. The molecule has 2 atom stereocenters. The first-order valence-electron chi connectivity index (χ1n) is 6.94. The highest BCUT2D eigenvalue weighted by molar-refractivity contribution is 5.78. The summed E-state index contributed by atoms with van der Waals surface area (Å²) in [6.07, 6.45) is 3.90. The van der Waals surface area contributed by atoms with Gasteiger partial charge in [-0.2, -0.15) is 0 Å². The van der Waals surface area contributed by atoms with Crippen LogP contribution in [-0.2, 0) is 4.79 Å². The molecule has 0 aromatic rings. The van der Waals surface area contributed by atoms with E-state index in [1.165, 1.54) is 19.3 Å². The Hall–Kier alpha value is -0.610. The fraction of sp³-hybridized carbons (Fsp3) is 0.923. The third-order valence-corrected chi connectivity index (χ3v) is 3.97. The van der Waals surface area contributed by atoms with Gasteiger partial charge in [0.2, 0.25) is 5.91 Å². The molecule has 0 spiro atoms. The molecule has 98 valence electrons. The van der Waals surface area contributed by atoms with Gasteiger partial charge in [-0.1, -0.05) is 13.3 Å². The zero-order valence-corrected chi connectivity index (χ0v) is 10.9. The van der Waals surface area contributed by atoms with Crippen LogP contribution in [0.4, 0.5) is 0 Å². The largest absolute Gasteiger partial charge is 0.355 e. The molecule has 2 aliphatic rings. The Morgan fingerprint density at radius 3 is 2.76 bits per heavy atom. The molecule has 0 radical (unpaired) electrons. The first-order chi connectivity index (χ1) is 8.24. The van der Waals surface area contributed by atoms with Gasteiger partial charge in [0.25, 0.3) is 0 Å². The van der Waals surface area contributed by atoms with Crippen LogP contribution in [0, 0.1) is 11.8 Å². The lowest BCUT2D eigenvalue weighted by Crippen LogP contribution is -2.47. The maximum absolute atomic E-state index is 11.8. The molecule has 1 heterocycles. The molecule has 2 unspecified atom stereocenters. The highest BCUT2D eigenvalue weighted by Gasteiger charge is 2.22. The molecule has 1 saturated carbocycles. The summed E-state index contributed by atoms with van der Waals surface area (Å²) in [5, 5.41) is 6.39. The van der Waals surface area contributed by atoms with Crippen molar-refractivity contribution < 1.29 is 4.79 Å². The summed E-state index contributed by atoms with van der Waals surface area (Å²) >= 11 is 0. The molecule has 0 aromatic carbocycles. The summed E-state index contributed by atoms with van der Waals surface area (Å²) in [5.41, 5.74) is 0. The minimum absolute atomic E-state index is 0.200. The van der Waals surface area contributed by atoms with Crippen LogP contribution in [0.1, 0.15) is 26.2 Å². The first kappa shape index (κ1) is 12.8. The lowest BCUT2D eigenvalue weighted by atomic mass is 10.1. The fourth-order valence-corrected chi connectivity index (χ4v) is 2.90. The predicted octanol–water partition coefficient (Wildman–Crippen LogP) is 0.444. The molecular formula is C13H25N3O. The van der Waals surface area contributed by atoms with Crippen LogP contribution in [0.3, 0.4) is 0 Å². The summed E-state index contributed by atoms with van der Waals surface area (Å²) in [5.74, 6) is 1.77. The summed E-state index contributed by atoms with van der Waals surface area (Å²) in [4.78, 5) is 14.0. The molecule has 0 aromatic heterocycles. The van der Waals surface area contributed by atoms with E-state index in [4.69, 9.17) is 0 Å². The SMILES string of the molecule is CC1CCC(CNC(=O)CN2CCNCC2)C1. The first-order valence-corrected chi connectivity index (χ1v) is 6.94. The average Bonchev–Trinajstić information content (AvgIpc) is 2.74. The van der Waals surface area contributed by atoms with Gasteiger partial charge in [-0.3, -0.25) is 9.69 Å². The molecule has 0 bridgehead atoms. The van der Waals surface area contributed by atoms with Gasteiger partial charge in [-0.05, 0) is 24.7 Å². The standard InChI is InChI=1S/C13H25N3O/c1-11-2-3-12(8-11)9-15-13(17)10-16-6-4-14-5-7-16/h11-12,14H,2-10H2,1H3,(H,15,17). The highest BCUT2D eigenvalue weighted by atomic mass is 16.2. The summed E-state index contributed by atoms with van der Waals surface area (Å²) < 4.78 is 0. The number of hydrogen-bond donors (Lipinski definition) is 2. The maximum Gasteiger partial charge on any atom is 0.234 e. The van der Waals surface area contributed by atoms with Crippen molar-refractivity contribution in [3.05, 3.63) is 0 Å². The van der Waals surface area contributed by atoms with Crippen molar-refractivity contribution in [2.24, 2.45) is 11.8 Å². The van der Waals surface area contributed by atoms with Gasteiger partial charge >= 0.3 is 0 Å². The van der Waals surface area contributed by atoms with Gasteiger partial charge in [-0.25, -0.2) is 0 Å². The van der Waals surface area contributed by atoms with Gasteiger partial charge in [0.15, 0.2) is 0 Å². The molecule has 4 heteroatoms. The quantitative estimate of drug-likeness (QED) is 0.748. The zero-order valence-electron chi connectivity index (χ0n) is 10.9. The Bertz CT molecular complexity index is 251. The number of piperazine rings is 1. The van der Waals surface area contributed by atoms with E-state index in [0.29, 0.717) is 6.54 Å². The molecule has 1 amide bonds. The van der Waals surface area contributed by atoms with Crippen LogP contribution in [0.15, 0.2) is 0 Å². The predicted molar refractivity (Wildman–Crippen MR) is 68.8 cm³/mol. The molecule has 2 rings (SSSR count). The lowest BCUT2D eigenvalue weighted by molar-refractivity contribution is -0.122. The second-order valence-electron chi connectivity index (χ2n) is 5.61. The maximum atomic E-state index is 11.8. The van der Waals surface area contributed by atoms with Crippen molar-refractivity contribution in [2.75, 3.05) is 39.3 Å². The van der Waals surface area contributed by atoms with Crippen molar-refractivity contribution >= 4 is 5.91 Å². The van der Waals surface area contributed by atoms with E-state index in [9.17, 15) is 4.79 Å². The van der Waals surface area contributed by atoms with Crippen molar-refractivity contribution in [1.29, 1.82) is 0 Å². The Morgan fingerprint density at radius 2 is 2.12 bits per heavy atom. The van der Waals surface area contributed by atoms with E-state index in [2.05, 4.69) is 22.5 Å². The Morgan fingerprint density at radius 1 is 1.35 bits per heavy atom. The average molecular weight is 239 g/mol. The molecule has 2 N–H and O–H groups in total. The number of nitrogens with zero attached hydrogens (tertiary/aromatic N) is 1. The Balaban J connectivity index is 1.60. The van der Waals surface area contributed by atoms with E-state index in [1.807, 2.05) is 0 Å². The van der Waals surface area contributed by atoms with Crippen LogP contribution in [0.2, 0.25) is 0 Å². The van der Waals surface area contributed by atoms with E-state index in [1.54, 1.807) is 0 Å². The normalized spacial score (nSPS) is 30.4. The molecule has 1 saturated heterocycles. The second kappa shape index (κ2) is 6.36. The van der Waals surface area contributed by atoms with Crippen LogP contribution in [0.5, 0.6) is 0 Å². The van der Waals surface area contributed by atoms with Gasteiger partial charge < -0.3 is 10.6 Å². The minimum Gasteiger partial charge on any atom is -0.355 e. The third-order valence-electron chi connectivity index (χ3n) is 3.97. The van der Waals surface area contributed by atoms with Crippen molar-refractivity contribution in [1.82, 2.24) is 15.5 Å². The van der Waals surface area contributed by atoms with Crippen molar-refractivity contribution in [2.45, 2.75) is 26.2 Å². The minimum atomic E-state index is 0.200.